The number of benzene rings is 1. The van der Waals surface area contributed by atoms with Crippen LogP contribution in [-0.4, -0.2) is 32.7 Å². The molecule has 1 atom stereocenters. The zero-order valence-corrected chi connectivity index (χ0v) is 15.6. The third-order valence-electron chi connectivity index (χ3n) is 4.59. The third kappa shape index (κ3) is 3.81. The molecule has 0 bridgehead atoms. The Bertz CT molecular complexity index is 847. The zero-order chi connectivity index (χ0) is 18.8. The van der Waals surface area contributed by atoms with Crippen LogP contribution >= 0.6 is 23.2 Å². The number of rotatable bonds is 4. The molecule has 0 saturated carbocycles. The van der Waals surface area contributed by atoms with Crippen LogP contribution in [-0.2, 0) is 24.2 Å². The first-order valence-corrected chi connectivity index (χ1v) is 9.11. The van der Waals surface area contributed by atoms with Crippen molar-refractivity contribution in [2.24, 2.45) is 0 Å². The maximum atomic E-state index is 14.3. The van der Waals surface area contributed by atoms with Gasteiger partial charge in [-0.25, -0.2) is 18.7 Å². The molecule has 0 aliphatic heterocycles. The molecule has 2 aromatic rings. The molecule has 8 heteroatoms. The van der Waals surface area contributed by atoms with Gasteiger partial charge in [0, 0.05) is 23.5 Å². The van der Waals surface area contributed by atoms with Gasteiger partial charge in [0.25, 0.3) is 0 Å². The molecule has 1 aromatic heterocycles. The lowest BCUT2D eigenvalue weighted by atomic mass is 9.91. The van der Waals surface area contributed by atoms with E-state index < -0.39 is 11.6 Å². The standard InChI is InChI=1S/C18H17Cl2F2N3O/c1-10-23-8-11-6-12(2-5-16(11)24-10)25(17(26)7-19)9-13-15(21)4-3-14(20)18(13)22/h3-4,8,12H,2,5-7,9H2,1H3. The van der Waals surface area contributed by atoms with Gasteiger partial charge in [0.05, 0.1) is 11.6 Å². The molecule has 0 N–H and O–H groups in total. The van der Waals surface area contributed by atoms with Crippen molar-refractivity contribution in [1.29, 1.82) is 0 Å². The van der Waals surface area contributed by atoms with Gasteiger partial charge >= 0.3 is 0 Å². The third-order valence-corrected chi connectivity index (χ3v) is 5.11. The van der Waals surface area contributed by atoms with Crippen molar-refractivity contribution < 1.29 is 13.6 Å². The minimum Gasteiger partial charge on any atom is -0.334 e. The van der Waals surface area contributed by atoms with Crippen LogP contribution in [0.1, 0.15) is 29.1 Å². The number of fused-ring (bicyclic) bond motifs is 1. The highest BCUT2D eigenvalue weighted by Crippen LogP contribution is 2.27. The molecule has 1 unspecified atom stereocenters. The smallest absolute Gasteiger partial charge is 0.238 e. The van der Waals surface area contributed by atoms with E-state index in [1.165, 1.54) is 4.90 Å². The molecule has 1 aliphatic rings. The highest BCUT2D eigenvalue weighted by molar-refractivity contribution is 6.30. The minimum absolute atomic E-state index is 0.183. The molecule has 138 valence electrons. The molecule has 1 amide bonds. The van der Waals surface area contributed by atoms with E-state index in [2.05, 4.69) is 9.97 Å². The highest BCUT2D eigenvalue weighted by atomic mass is 35.5. The summed E-state index contributed by atoms with van der Waals surface area (Å²) in [6.45, 7) is 1.59. The first-order valence-electron chi connectivity index (χ1n) is 8.20. The normalized spacial score (nSPS) is 16.3. The van der Waals surface area contributed by atoms with Crippen LogP contribution in [0, 0.1) is 18.6 Å². The van der Waals surface area contributed by atoms with Crippen molar-refractivity contribution in [3.63, 3.8) is 0 Å². The minimum atomic E-state index is -0.853. The van der Waals surface area contributed by atoms with Gasteiger partial charge in [-0.05, 0) is 43.9 Å². The van der Waals surface area contributed by atoms with Crippen molar-refractivity contribution in [1.82, 2.24) is 14.9 Å². The Morgan fingerprint density at radius 1 is 1.38 bits per heavy atom. The summed E-state index contributed by atoms with van der Waals surface area (Å²) in [6.07, 6.45) is 3.56. The molecule has 1 aromatic carbocycles. The van der Waals surface area contributed by atoms with Crippen LogP contribution < -0.4 is 0 Å². The number of aromatic nitrogens is 2. The highest BCUT2D eigenvalue weighted by Gasteiger charge is 2.30. The van der Waals surface area contributed by atoms with Crippen molar-refractivity contribution >= 4 is 29.1 Å². The molecule has 26 heavy (non-hydrogen) atoms. The van der Waals surface area contributed by atoms with Gasteiger partial charge in [-0.1, -0.05) is 11.6 Å². The van der Waals surface area contributed by atoms with Crippen LogP contribution in [0.5, 0.6) is 0 Å². The fourth-order valence-corrected chi connectivity index (χ4v) is 3.57. The molecule has 0 saturated heterocycles. The number of nitrogens with zero attached hydrogens (tertiary/aromatic N) is 3. The van der Waals surface area contributed by atoms with Crippen molar-refractivity contribution in [2.45, 2.75) is 38.8 Å². The number of carbonyl (C=O) groups is 1. The number of hydrogen-bond donors (Lipinski definition) is 0. The van der Waals surface area contributed by atoms with Crippen LogP contribution in [0.4, 0.5) is 8.78 Å². The largest absolute Gasteiger partial charge is 0.334 e. The molecule has 0 fully saturated rings. The number of alkyl halides is 1. The fourth-order valence-electron chi connectivity index (χ4n) is 3.24. The summed E-state index contributed by atoms with van der Waals surface area (Å²) in [5.41, 5.74) is 1.65. The van der Waals surface area contributed by atoms with Gasteiger partial charge in [-0.3, -0.25) is 4.79 Å². The monoisotopic (exact) mass is 399 g/mol. The summed E-state index contributed by atoms with van der Waals surface area (Å²) in [5, 5.41) is -0.183. The van der Waals surface area contributed by atoms with Crippen LogP contribution in [0.3, 0.4) is 0 Å². The van der Waals surface area contributed by atoms with E-state index in [0.717, 1.165) is 23.4 Å². The second kappa shape index (κ2) is 7.84. The van der Waals surface area contributed by atoms with Gasteiger partial charge in [-0.15, -0.1) is 11.6 Å². The maximum Gasteiger partial charge on any atom is 0.238 e. The summed E-state index contributed by atoms with van der Waals surface area (Å²) in [6, 6.07) is 2.01. The van der Waals surface area contributed by atoms with E-state index in [-0.39, 0.29) is 35.0 Å². The molecular weight excluding hydrogens is 383 g/mol. The lowest BCUT2D eigenvalue weighted by molar-refractivity contribution is -0.131. The average Bonchev–Trinajstić information content (AvgIpc) is 2.64. The van der Waals surface area contributed by atoms with Crippen molar-refractivity contribution in [2.75, 3.05) is 5.88 Å². The molecule has 4 nitrogen and oxygen atoms in total. The van der Waals surface area contributed by atoms with E-state index in [1.807, 2.05) is 6.92 Å². The number of carbonyl (C=O) groups excluding carboxylic acids is 1. The lowest BCUT2D eigenvalue weighted by Gasteiger charge is -2.35. The van der Waals surface area contributed by atoms with Gasteiger partial charge < -0.3 is 4.90 Å². The Balaban J connectivity index is 1.89. The number of halogens is 4. The summed E-state index contributed by atoms with van der Waals surface area (Å²) >= 11 is 11.5. The Morgan fingerprint density at radius 2 is 2.15 bits per heavy atom. The Labute approximate surface area is 160 Å². The predicted molar refractivity (Wildman–Crippen MR) is 95.2 cm³/mol. The predicted octanol–water partition coefficient (Wildman–Crippen LogP) is 3.84. The van der Waals surface area contributed by atoms with Gasteiger partial charge in [0.2, 0.25) is 5.91 Å². The van der Waals surface area contributed by atoms with Crippen LogP contribution in [0.2, 0.25) is 5.02 Å². The molecule has 0 radical (unpaired) electrons. The first-order chi connectivity index (χ1) is 12.4. The number of hydrogen-bond acceptors (Lipinski definition) is 3. The SMILES string of the molecule is Cc1ncc2c(n1)CCC(N(Cc1c(F)ccc(Cl)c1F)C(=O)CCl)C2. The quantitative estimate of drug-likeness (QED) is 0.579. The van der Waals surface area contributed by atoms with Gasteiger partial charge in [-0.2, -0.15) is 0 Å². The molecule has 1 heterocycles. The Kier molecular flexibility index (Phi) is 5.73. The lowest BCUT2D eigenvalue weighted by Crippen LogP contribution is -2.44. The van der Waals surface area contributed by atoms with Crippen LogP contribution in [0.25, 0.3) is 0 Å². The van der Waals surface area contributed by atoms with Gasteiger partial charge in [0.1, 0.15) is 23.3 Å². The summed E-state index contributed by atoms with van der Waals surface area (Å²) in [7, 11) is 0. The van der Waals surface area contributed by atoms with Crippen molar-refractivity contribution in [3.05, 3.63) is 57.6 Å². The fraction of sp³-hybridized carbons (Fsp3) is 0.389. The molecular formula is C18H17Cl2F2N3O. The van der Waals surface area contributed by atoms with E-state index >= 15 is 0 Å². The maximum absolute atomic E-state index is 14.3. The van der Waals surface area contributed by atoms with Gasteiger partial charge in [0.15, 0.2) is 0 Å². The Morgan fingerprint density at radius 3 is 2.88 bits per heavy atom. The first kappa shape index (κ1) is 19.0. The molecule has 0 spiro atoms. The summed E-state index contributed by atoms with van der Waals surface area (Å²) in [4.78, 5) is 22.4. The van der Waals surface area contributed by atoms with E-state index in [9.17, 15) is 13.6 Å². The zero-order valence-electron chi connectivity index (χ0n) is 14.1. The summed E-state index contributed by atoms with van der Waals surface area (Å²) < 4.78 is 28.4. The second-order valence-electron chi connectivity index (χ2n) is 6.26. The van der Waals surface area contributed by atoms with Crippen molar-refractivity contribution in [3.8, 4) is 0 Å². The average molecular weight is 400 g/mol. The topological polar surface area (TPSA) is 46.1 Å². The molecule has 3 rings (SSSR count). The second-order valence-corrected chi connectivity index (χ2v) is 6.94. The Hall–Kier alpha value is -1.79. The number of amides is 1. The van der Waals surface area contributed by atoms with Crippen LogP contribution in [0.15, 0.2) is 18.3 Å². The number of aryl methyl sites for hydroxylation is 2. The van der Waals surface area contributed by atoms with E-state index in [4.69, 9.17) is 23.2 Å². The molecule has 1 aliphatic carbocycles. The van der Waals surface area contributed by atoms with E-state index in [1.54, 1.807) is 6.20 Å². The van der Waals surface area contributed by atoms with E-state index in [0.29, 0.717) is 25.1 Å². The summed E-state index contributed by atoms with van der Waals surface area (Å²) in [5.74, 6) is -1.55.